The van der Waals surface area contributed by atoms with Gasteiger partial charge >= 0.3 is 5.97 Å². The minimum Gasteiger partial charge on any atom is -0.454 e. The number of aromatic nitrogens is 1. The van der Waals surface area contributed by atoms with E-state index < -0.39 is 16.0 Å². The van der Waals surface area contributed by atoms with Crippen molar-refractivity contribution in [3.8, 4) is 0 Å². The van der Waals surface area contributed by atoms with Gasteiger partial charge < -0.3 is 9.72 Å². The first-order valence-corrected chi connectivity index (χ1v) is 11.9. The zero-order chi connectivity index (χ0) is 22.3. The zero-order valence-electron chi connectivity index (χ0n) is 17.7. The summed E-state index contributed by atoms with van der Waals surface area (Å²) in [5.74, 6) is -0.892. The predicted molar refractivity (Wildman–Crippen MR) is 119 cm³/mol. The lowest BCUT2D eigenvalue weighted by atomic mass is 9.99. The molecular formula is C23H24N2O5S. The molecule has 4 rings (SSSR count). The lowest BCUT2D eigenvalue weighted by molar-refractivity contribution is 0.0475. The highest BCUT2D eigenvalue weighted by Crippen LogP contribution is 2.30. The number of sulfonamides is 1. The molecule has 0 radical (unpaired) electrons. The van der Waals surface area contributed by atoms with Gasteiger partial charge in [0, 0.05) is 28.7 Å². The molecule has 0 atom stereocenters. The molecule has 31 heavy (non-hydrogen) atoms. The Labute approximate surface area is 181 Å². The van der Waals surface area contributed by atoms with Crippen molar-refractivity contribution >= 4 is 38.4 Å². The minimum atomic E-state index is -3.36. The van der Waals surface area contributed by atoms with E-state index in [2.05, 4.69) is 4.98 Å². The van der Waals surface area contributed by atoms with Gasteiger partial charge in [0.25, 0.3) is 0 Å². The fourth-order valence-electron chi connectivity index (χ4n) is 3.97. The largest absolute Gasteiger partial charge is 0.454 e. The second-order valence-electron chi connectivity index (χ2n) is 7.92. The summed E-state index contributed by atoms with van der Waals surface area (Å²) >= 11 is 0. The Kier molecular flexibility index (Phi) is 5.35. The number of anilines is 1. The zero-order valence-corrected chi connectivity index (χ0v) is 18.5. The Morgan fingerprint density at radius 3 is 2.58 bits per heavy atom. The summed E-state index contributed by atoms with van der Waals surface area (Å²) in [6.45, 7) is 4.01. The molecule has 2 aromatic carbocycles. The average Bonchev–Trinajstić information content (AvgIpc) is 3.03. The highest BCUT2D eigenvalue weighted by Gasteiger charge is 2.25. The molecule has 1 aromatic heterocycles. The summed E-state index contributed by atoms with van der Waals surface area (Å²) in [5, 5.41) is 0.948. The molecule has 0 unspecified atom stereocenters. The Morgan fingerprint density at radius 2 is 1.84 bits per heavy atom. The van der Waals surface area contributed by atoms with Crippen LogP contribution in [0.25, 0.3) is 10.9 Å². The number of aromatic amines is 1. The Hall–Kier alpha value is -3.13. The summed E-state index contributed by atoms with van der Waals surface area (Å²) in [6.07, 6.45) is 2.55. The molecule has 3 aromatic rings. The van der Waals surface area contributed by atoms with Gasteiger partial charge in [0.15, 0.2) is 12.4 Å². The van der Waals surface area contributed by atoms with Crippen LogP contribution in [0.3, 0.4) is 0 Å². The van der Waals surface area contributed by atoms with Crippen LogP contribution in [0.5, 0.6) is 0 Å². The molecule has 0 bridgehead atoms. The standard InChI is InChI=1S/C23H24N2O5S/c1-14-15(2)24-20-8-6-18(12-19(14)20)23(27)30-13-22(26)17-7-9-21-16(11-17)5-4-10-25(21)31(3,28)29/h6-9,11-12,24H,4-5,10,13H2,1-3H3. The van der Waals surface area contributed by atoms with E-state index in [1.165, 1.54) is 10.6 Å². The second-order valence-corrected chi connectivity index (χ2v) is 9.82. The first kappa shape index (κ1) is 21.1. The predicted octanol–water partition coefficient (Wildman–Crippen LogP) is 3.54. The molecule has 0 amide bonds. The number of ketones is 1. The molecule has 8 heteroatoms. The third-order valence-electron chi connectivity index (χ3n) is 5.76. The quantitative estimate of drug-likeness (QED) is 0.484. The van der Waals surface area contributed by atoms with Crippen molar-refractivity contribution < 1.29 is 22.7 Å². The van der Waals surface area contributed by atoms with E-state index in [0.29, 0.717) is 36.2 Å². The van der Waals surface area contributed by atoms with Crippen LogP contribution in [0, 0.1) is 13.8 Å². The lowest BCUT2D eigenvalue weighted by Gasteiger charge is -2.29. The van der Waals surface area contributed by atoms with Crippen molar-refractivity contribution in [1.29, 1.82) is 0 Å². The van der Waals surface area contributed by atoms with Gasteiger partial charge in [-0.15, -0.1) is 0 Å². The molecular weight excluding hydrogens is 416 g/mol. The maximum Gasteiger partial charge on any atom is 0.338 e. The SMILES string of the molecule is Cc1[nH]c2ccc(C(=O)OCC(=O)c3ccc4c(c3)CCCN4S(C)(=O)=O)cc2c1C. The van der Waals surface area contributed by atoms with Crippen LogP contribution < -0.4 is 4.31 Å². The van der Waals surface area contributed by atoms with Crippen LogP contribution in [0.2, 0.25) is 0 Å². The number of esters is 1. The number of hydrogen-bond acceptors (Lipinski definition) is 5. The van der Waals surface area contributed by atoms with Gasteiger partial charge in [0.05, 0.1) is 17.5 Å². The van der Waals surface area contributed by atoms with Crippen molar-refractivity contribution in [3.63, 3.8) is 0 Å². The highest BCUT2D eigenvalue weighted by molar-refractivity contribution is 7.92. The monoisotopic (exact) mass is 440 g/mol. The van der Waals surface area contributed by atoms with Crippen LogP contribution in [0.1, 0.15) is 44.0 Å². The highest BCUT2D eigenvalue weighted by atomic mass is 32.2. The molecule has 1 N–H and O–H groups in total. The van der Waals surface area contributed by atoms with E-state index in [0.717, 1.165) is 27.7 Å². The topological polar surface area (TPSA) is 96.5 Å². The fraction of sp³-hybridized carbons (Fsp3) is 0.304. The van der Waals surface area contributed by atoms with Crippen molar-refractivity contribution in [1.82, 2.24) is 4.98 Å². The van der Waals surface area contributed by atoms with Crippen LogP contribution in [-0.2, 0) is 21.2 Å². The molecule has 2 heterocycles. The van der Waals surface area contributed by atoms with Gasteiger partial charge in [-0.3, -0.25) is 9.10 Å². The number of H-pyrrole nitrogens is 1. The van der Waals surface area contributed by atoms with Crippen LogP contribution >= 0.6 is 0 Å². The van der Waals surface area contributed by atoms with Crippen LogP contribution in [-0.4, -0.2) is 44.6 Å². The van der Waals surface area contributed by atoms with E-state index in [4.69, 9.17) is 4.74 Å². The normalized spacial score (nSPS) is 13.8. The van der Waals surface area contributed by atoms with Crippen LogP contribution in [0.4, 0.5) is 5.69 Å². The van der Waals surface area contributed by atoms with E-state index in [9.17, 15) is 18.0 Å². The Balaban J connectivity index is 1.48. The molecule has 0 spiro atoms. The number of aryl methyl sites for hydroxylation is 3. The number of Topliss-reactive ketones (excluding diaryl/α,β-unsaturated/α-hetero) is 1. The van der Waals surface area contributed by atoms with Gasteiger partial charge in [0.2, 0.25) is 10.0 Å². The second kappa shape index (κ2) is 7.85. The fourth-order valence-corrected chi connectivity index (χ4v) is 4.96. The van der Waals surface area contributed by atoms with Crippen molar-refractivity contribution in [3.05, 3.63) is 64.3 Å². The summed E-state index contributed by atoms with van der Waals surface area (Å²) in [6, 6.07) is 10.2. The lowest BCUT2D eigenvalue weighted by Crippen LogP contribution is -2.34. The molecule has 0 aliphatic carbocycles. The van der Waals surface area contributed by atoms with Crippen molar-refractivity contribution in [2.75, 3.05) is 23.7 Å². The Morgan fingerprint density at radius 1 is 1.10 bits per heavy atom. The Bertz CT molecular complexity index is 1310. The number of carbonyl (C=O) groups excluding carboxylic acids is 2. The third-order valence-corrected chi connectivity index (χ3v) is 6.94. The maximum atomic E-state index is 12.6. The average molecular weight is 441 g/mol. The number of carbonyl (C=O) groups is 2. The molecule has 0 saturated heterocycles. The molecule has 1 aliphatic rings. The summed E-state index contributed by atoms with van der Waals surface area (Å²) in [7, 11) is -3.36. The minimum absolute atomic E-state index is 0.331. The van der Waals surface area contributed by atoms with E-state index in [-0.39, 0.29) is 12.4 Å². The smallest absolute Gasteiger partial charge is 0.338 e. The van der Waals surface area contributed by atoms with E-state index >= 15 is 0 Å². The molecule has 0 saturated carbocycles. The maximum absolute atomic E-state index is 12.6. The summed E-state index contributed by atoms with van der Waals surface area (Å²) < 4.78 is 30.6. The number of fused-ring (bicyclic) bond motifs is 2. The number of hydrogen-bond donors (Lipinski definition) is 1. The number of benzene rings is 2. The first-order valence-electron chi connectivity index (χ1n) is 10.0. The summed E-state index contributed by atoms with van der Waals surface area (Å²) in [4.78, 5) is 28.3. The van der Waals surface area contributed by atoms with Gasteiger partial charge in [-0.25, -0.2) is 13.2 Å². The number of nitrogens with one attached hydrogen (secondary N) is 1. The summed E-state index contributed by atoms with van der Waals surface area (Å²) in [5.41, 5.74) is 5.24. The van der Waals surface area contributed by atoms with Crippen molar-refractivity contribution in [2.24, 2.45) is 0 Å². The van der Waals surface area contributed by atoms with Crippen LogP contribution in [0.15, 0.2) is 36.4 Å². The van der Waals surface area contributed by atoms with E-state index in [1.807, 2.05) is 19.9 Å². The molecule has 162 valence electrons. The third kappa shape index (κ3) is 4.07. The van der Waals surface area contributed by atoms with Gasteiger partial charge in [0.1, 0.15) is 0 Å². The first-order chi connectivity index (χ1) is 14.6. The van der Waals surface area contributed by atoms with Gasteiger partial charge in [-0.05, 0) is 74.2 Å². The molecule has 7 nitrogen and oxygen atoms in total. The van der Waals surface area contributed by atoms with Gasteiger partial charge in [-0.2, -0.15) is 0 Å². The van der Waals surface area contributed by atoms with E-state index in [1.54, 1.807) is 30.3 Å². The molecule has 0 fully saturated rings. The van der Waals surface area contributed by atoms with Gasteiger partial charge in [-0.1, -0.05) is 0 Å². The number of rotatable bonds is 5. The number of nitrogens with zero attached hydrogens (tertiary/aromatic N) is 1. The number of ether oxygens (including phenoxy) is 1. The van der Waals surface area contributed by atoms with Crippen molar-refractivity contribution in [2.45, 2.75) is 26.7 Å². The molecule has 1 aliphatic heterocycles.